The molecule has 0 spiro atoms. The number of anilines is 2. The zero-order valence-electron chi connectivity index (χ0n) is 13.0. The van der Waals surface area contributed by atoms with Crippen LogP contribution >= 0.6 is 11.6 Å². The molecule has 0 aliphatic rings. The molecule has 0 unspecified atom stereocenters. The summed E-state index contributed by atoms with van der Waals surface area (Å²) < 4.78 is 13.0. The Morgan fingerprint density at radius 2 is 1.76 bits per heavy atom. The van der Waals surface area contributed by atoms with Crippen LogP contribution in [0.3, 0.4) is 0 Å². The van der Waals surface area contributed by atoms with Gasteiger partial charge >= 0.3 is 0 Å². The fourth-order valence-electron chi connectivity index (χ4n) is 2.19. The molecule has 2 N–H and O–H groups in total. The molecular formula is C18H14ClFN4O. The topological polar surface area (TPSA) is 66.9 Å². The van der Waals surface area contributed by atoms with Crippen molar-refractivity contribution in [3.8, 4) is 0 Å². The second-order valence-electron chi connectivity index (χ2n) is 5.18. The lowest BCUT2D eigenvalue weighted by Crippen LogP contribution is -2.16. The molecule has 3 rings (SSSR count). The minimum Gasteiger partial charge on any atom is -0.365 e. The van der Waals surface area contributed by atoms with Crippen LogP contribution in [-0.4, -0.2) is 15.9 Å². The third-order valence-corrected chi connectivity index (χ3v) is 3.73. The van der Waals surface area contributed by atoms with Crippen molar-refractivity contribution in [3.63, 3.8) is 0 Å². The summed E-state index contributed by atoms with van der Waals surface area (Å²) >= 11 is 5.96. The van der Waals surface area contributed by atoms with Gasteiger partial charge in [0.1, 0.15) is 11.6 Å². The molecule has 0 saturated carbocycles. The fourth-order valence-corrected chi connectivity index (χ4v) is 2.35. The minimum absolute atomic E-state index is 0.209. The van der Waals surface area contributed by atoms with Gasteiger partial charge in [0.25, 0.3) is 5.91 Å². The van der Waals surface area contributed by atoms with Gasteiger partial charge in [-0.15, -0.1) is 0 Å². The number of halogens is 2. The van der Waals surface area contributed by atoms with E-state index in [4.69, 9.17) is 11.6 Å². The molecule has 0 aliphatic heterocycles. The largest absolute Gasteiger partial charge is 0.365 e. The molecule has 2 heterocycles. The van der Waals surface area contributed by atoms with Crippen molar-refractivity contribution < 1.29 is 9.18 Å². The molecule has 0 fully saturated rings. The Bertz CT molecular complexity index is 886. The first kappa shape index (κ1) is 16.9. The zero-order valence-corrected chi connectivity index (χ0v) is 13.8. The van der Waals surface area contributed by atoms with Gasteiger partial charge in [0.05, 0.1) is 11.3 Å². The molecule has 2 aromatic heterocycles. The minimum atomic E-state index is -0.357. The summed E-state index contributed by atoms with van der Waals surface area (Å²) in [5.74, 6) is -0.232. The van der Waals surface area contributed by atoms with Crippen LogP contribution in [0.2, 0.25) is 5.15 Å². The third-order valence-electron chi connectivity index (χ3n) is 3.43. The van der Waals surface area contributed by atoms with Crippen LogP contribution in [0.15, 0.2) is 60.9 Å². The number of hydrogen-bond acceptors (Lipinski definition) is 4. The van der Waals surface area contributed by atoms with Crippen molar-refractivity contribution in [2.24, 2.45) is 0 Å². The van der Waals surface area contributed by atoms with E-state index in [2.05, 4.69) is 20.6 Å². The highest BCUT2D eigenvalue weighted by molar-refractivity contribution is 6.32. The summed E-state index contributed by atoms with van der Waals surface area (Å²) in [5.41, 5.74) is 1.65. The second-order valence-corrected chi connectivity index (χ2v) is 5.53. The van der Waals surface area contributed by atoms with Gasteiger partial charge < -0.3 is 10.6 Å². The number of aromatic nitrogens is 2. The van der Waals surface area contributed by atoms with E-state index in [9.17, 15) is 9.18 Å². The summed E-state index contributed by atoms with van der Waals surface area (Å²) in [6.07, 6.45) is 3.12. The highest BCUT2D eigenvalue weighted by atomic mass is 35.5. The van der Waals surface area contributed by atoms with E-state index in [0.717, 1.165) is 5.56 Å². The van der Waals surface area contributed by atoms with E-state index in [1.54, 1.807) is 42.6 Å². The van der Waals surface area contributed by atoms with E-state index >= 15 is 0 Å². The lowest BCUT2D eigenvalue weighted by molar-refractivity contribution is 0.102. The van der Waals surface area contributed by atoms with Crippen LogP contribution in [-0.2, 0) is 6.54 Å². The van der Waals surface area contributed by atoms with Gasteiger partial charge in [0.15, 0.2) is 5.15 Å². The van der Waals surface area contributed by atoms with Crippen molar-refractivity contribution in [2.45, 2.75) is 6.54 Å². The summed E-state index contributed by atoms with van der Waals surface area (Å²) in [6, 6.07) is 12.8. The van der Waals surface area contributed by atoms with Gasteiger partial charge in [0, 0.05) is 18.9 Å². The lowest BCUT2D eigenvalue weighted by Gasteiger charge is -2.11. The predicted octanol–water partition coefficient (Wildman–Crippen LogP) is 4.13. The maximum Gasteiger partial charge on any atom is 0.259 e. The Balaban J connectivity index is 1.75. The van der Waals surface area contributed by atoms with E-state index in [1.807, 2.05) is 0 Å². The molecule has 0 aliphatic carbocycles. The normalized spacial score (nSPS) is 10.3. The molecule has 25 heavy (non-hydrogen) atoms. The van der Waals surface area contributed by atoms with Crippen LogP contribution in [0, 0.1) is 5.82 Å². The third kappa shape index (κ3) is 4.30. The van der Waals surface area contributed by atoms with Gasteiger partial charge in [-0.05, 0) is 42.0 Å². The highest BCUT2D eigenvalue weighted by Gasteiger charge is 2.14. The number of hydrogen-bond donors (Lipinski definition) is 2. The molecule has 0 atom stereocenters. The Hall–Kier alpha value is -2.99. The molecule has 7 heteroatoms. The Morgan fingerprint density at radius 3 is 2.52 bits per heavy atom. The van der Waals surface area contributed by atoms with Crippen molar-refractivity contribution in [2.75, 3.05) is 10.6 Å². The van der Waals surface area contributed by atoms with Crippen LogP contribution in [0.4, 0.5) is 15.9 Å². The predicted molar refractivity (Wildman–Crippen MR) is 95.2 cm³/mol. The summed E-state index contributed by atoms with van der Waals surface area (Å²) in [5, 5.41) is 6.01. The maximum atomic E-state index is 13.0. The summed E-state index contributed by atoms with van der Waals surface area (Å²) in [4.78, 5) is 20.6. The number of nitrogens with zero attached hydrogens (tertiary/aromatic N) is 2. The average Bonchev–Trinajstić information content (AvgIpc) is 2.63. The van der Waals surface area contributed by atoms with Gasteiger partial charge in [-0.1, -0.05) is 23.7 Å². The fraction of sp³-hybridized carbons (Fsp3) is 0.0556. The molecule has 1 amide bonds. The summed E-state index contributed by atoms with van der Waals surface area (Å²) in [6.45, 7) is 0.408. The molecular weight excluding hydrogens is 343 g/mol. The van der Waals surface area contributed by atoms with Gasteiger partial charge in [-0.25, -0.2) is 14.4 Å². The van der Waals surface area contributed by atoms with Gasteiger partial charge in [0.2, 0.25) is 0 Å². The first-order chi connectivity index (χ1) is 12.1. The Kier molecular flexibility index (Phi) is 5.20. The first-order valence-electron chi connectivity index (χ1n) is 7.48. The lowest BCUT2D eigenvalue weighted by atomic mass is 10.2. The number of rotatable bonds is 5. The van der Waals surface area contributed by atoms with Crippen LogP contribution in [0.25, 0.3) is 0 Å². The quantitative estimate of drug-likeness (QED) is 0.674. The van der Waals surface area contributed by atoms with Gasteiger partial charge in [-0.2, -0.15) is 0 Å². The standard InChI is InChI=1S/C18H14ClFN4O/c19-16-15(4-2-9-21-16)24-18(25)14-3-1-10-22-17(14)23-11-12-5-7-13(20)8-6-12/h1-10H,11H2,(H,22,23)(H,24,25). The maximum absolute atomic E-state index is 13.0. The van der Waals surface area contributed by atoms with Crippen molar-refractivity contribution in [3.05, 3.63) is 83.0 Å². The van der Waals surface area contributed by atoms with E-state index in [-0.39, 0.29) is 16.9 Å². The molecule has 0 radical (unpaired) electrons. The molecule has 0 bridgehead atoms. The van der Waals surface area contributed by atoms with Crippen molar-refractivity contribution >= 4 is 29.0 Å². The molecule has 5 nitrogen and oxygen atoms in total. The van der Waals surface area contributed by atoms with Crippen LogP contribution in [0.5, 0.6) is 0 Å². The molecule has 3 aromatic rings. The number of pyridine rings is 2. The number of carbonyl (C=O) groups is 1. The van der Waals surface area contributed by atoms with E-state index < -0.39 is 0 Å². The number of amides is 1. The van der Waals surface area contributed by atoms with Crippen LogP contribution < -0.4 is 10.6 Å². The summed E-state index contributed by atoms with van der Waals surface area (Å²) in [7, 11) is 0. The van der Waals surface area contributed by atoms with Gasteiger partial charge in [-0.3, -0.25) is 4.79 Å². The second kappa shape index (κ2) is 7.72. The highest BCUT2D eigenvalue weighted by Crippen LogP contribution is 2.20. The SMILES string of the molecule is O=C(Nc1cccnc1Cl)c1cccnc1NCc1ccc(F)cc1. The molecule has 1 aromatic carbocycles. The molecule has 126 valence electrons. The Labute approximate surface area is 148 Å². The van der Waals surface area contributed by atoms with Crippen LogP contribution in [0.1, 0.15) is 15.9 Å². The number of nitrogens with one attached hydrogen (secondary N) is 2. The van der Waals surface area contributed by atoms with E-state index in [1.165, 1.54) is 18.3 Å². The first-order valence-corrected chi connectivity index (χ1v) is 7.86. The monoisotopic (exact) mass is 356 g/mol. The average molecular weight is 357 g/mol. The van der Waals surface area contributed by atoms with Crippen molar-refractivity contribution in [1.29, 1.82) is 0 Å². The van der Waals surface area contributed by atoms with Crippen molar-refractivity contribution in [1.82, 2.24) is 9.97 Å². The number of carbonyl (C=O) groups excluding carboxylic acids is 1. The number of benzene rings is 1. The van der Waals surface area contributed by atoms with E-state index in [0.29, 0.717) is 23.6 Å². The Morgan fingerprint density at radius 1 is 1.04 bits per heavy atom. The molecule has 0 saturated heterocycles. The smallest absolute Gasteiger partial charge is 0.259 e. The zero-order chi connectivity index (χ0) is 17.6.